The van der Waals surface area contributed by atoms with E-state index in [0.717, 1.165) is 0 Å². The molecule has 10 heavy (non-hydrogen) atoms. The Morgan fingerprint density at radius 2 is 2.00 bits per heavy atom. The number of amides is 1. The van der Waals surface area contributed by atoms with Crippen LogP contribution in [0.3, 0.4) is 0 Å². The average molecular weight is 145 g/mol. The van der Waals surface area contributed by atoms with E-state index in [2.05, 4.69) is 5.48 Å². The number of carbonyl (C=O) groups is 1. The lowest BCUT2D eigenvalue weighted by Crippen LogP contribution is -2.34. The lowest BCUT2D eigenvalue weighted by molar-refractivity contribution is -0.141. The van der Waals surface area contributed by atoms with Gasteiger partial charge in [-0.05, 0) is 6.92 Å². The van der Waals surface area contributed by atoms with Crippen LogP contribution in [-0.4, -0.2) is 12.5 Å². The molecule has 3 nitrogen and oxygen atoms in total. The standard InChI is InChI=1S/C7H15NO2/c1-5-10-8-6(9)7(2,3)4/h5H2,1-4H3,(H,8,9). The van der Waals surface area contributed by atoms with Crippen LogP contribution >= 0.6 is 0 Å². The van der Waals surface area contributed by atoms with Crippen molar-refractivity contribution in [1.82, 2.24) is 5.48 Å². The summed E-state index contributed by atoms with van der Waals surface area (Å²) >= 11 is 0. The van der Waals surface area contributed by atoms with E-state index in [1.165, 1.54) is 0 Å². The number of hydroxylamine groups is 1. The van der Waals surface area contributed by atoms with Gasteiger partial charge in [0, 0.05) is 5.41 Å². The number of hydrogen-bond donors (Lipinski definition) is 1. The van der Waals surface area contributed by atoms with Crippen LogP contribution in [0.25, 0.3) is 0 Å². The van der Waals surface area contributed by atoms with Gasteiger partial charge in [0.05, 0.1) is 6.61 Å². The van der Waals surface area contributed by atoms with Gasteiger partial charge in [0.1, 0.15) is 0 Å². The summed E-state index contributed by atoms with van der Waals surface area (Å²) < 4.78 is 0. The van der Waals surface area contributed by atoms with Gasteiger partial charge in [-0.15, -0.1) is 0 Å². The van der Waals surface area contributed by atoms with Gasteiger partial charge in [-0.3, -0.25) is 9.63 Å². The second kappa shape index (κ2) is 3.56. The van der Waals surface area contributed by atoms with Gasteiger partial charge in [-0.1, -0.05) is 20.8 Å². The molecule has 0 aromatic rings. The minimum Gasteiger partial charge on any atom is -0.274 e. The third kappa shape index (κ3) is 3.45. The van der Waals surface area contributed by atoms with Gasteiger partial charge >= 0.3 is 0 Å². The third-order valence-electron chi connectivity index (χ3n) is 0.990. The SMILES string of the molecule is CCONC(=O)C(C)(C)C. The Morgan fingerprint density at radius 1 is 1.50 bits per heavy atom. The van der Waals surface area contributed by atoms with Gasteiger partial charge < -0.3 is 0 Å². The molecule has 0 radical (unpaired) electrons. The highest BCUT2D eigenvalue weighted by molar-refractivity contribution is 5.80. The molecule has 0 unspecified atom stereocenters. The van der Waals surface area contributed by atoms with Crippen molar-refractivity contribution < 1.29 is 9.63 Å². The largest absolute Gasteiger partial charge is 0.274 e. The molecule has 60 valence electrons. The first-order valence-electron chi connectivity index (χ1n) is 3.40. The molecule has 0 aromatic carbocycles. The Bertz CT molecular complexity index is 115. The van der Waals surface area contributed by atoms with Crippen LogP contribution in [0.4, 0.5) is 0 Å². The predicted octanol–water partition coefficient (Wildman–Crippen LogP) is 1.10. The van der Waals surface area contributed by atoms with Crippen LogP contribution in [0.15, 0.2) is 0 Å². The molecule has 0 aliphatic heterocycles. The van der Waals surface area contributed by atoms with Crippen molar-refractivity contribution in [3.05, 3.63) is 0 Å². The molecule has 1 N–H and O–H groups in total. The Kier molecular flexibility index (Phi) is 3.36. The molecule has 0 fully saturated rings. The van der Waals surface area contributed by atoms with Crippen molar-refractivity contribution in [2.75, 3.05) is 6.61 Å². The zero-order valence-corrected chi connectivity index (χ0v) is 7.02. The summed E-state index contributed by atoms with van der Waals surface area (Å²) in [6.07, 6.45) is 0. The van der Waals surface area contributed by atoms with E-state index in [-0.39, 0.29) is 11.3 Å². The smallest absolute Gasteiger partial charge is 0.248 e. The first-order chi connectivity index (χ1) is 4.48. The summed E-state index contributed by atoms with van der Waals surface area (Å²) in [5.41, 5.74) is 1.97. The number of rotatable bonds is 2. The van der Waals surface area contributed by atoms with Crippen LogP contribution in [0.1, 0.15) is 27.7 Å². The summed E-state index contributed by atoms with van der Waals surface area (Å²) in [5, 5.41) is 0. The molecule has 0 aliphatic carbocycles. The summed E-state index contributed by atoms with van der Waals surface area (Å²) in [5.74, 6) is -0.0886. The minimum atomic E-state index is -0.366. The molecule has 0 spiro atoms. The Balaban J connectivity index is 3.64. The van der Waals surface area contributed by atoms with Crippen LogP contribution in [0.5, 0.6) is 0 Å². The zero-order valence-electron chi connectivity index (χ0n) is 7.02. The summed E-state index contributed by atoms with van der Waals surface area (Å²) in [6, 6.07) is 0. The Labute approximate surface area is 61.7 Å². The molecule has 0 aromatic heterocycles. The quantitative estimate of drug-likeness (QED) is 0.591. The average Bonchev–Trinajstić information content (AvgIpc) is 1.80. The molecule has 0 aliphatic rings. The molecule has 0 bridgehead atoms. The molecule has 0 saturated heterocycles. The van der Waals surface area contributed by atoms with E-state index in [1.807, 2.05) is 27.7 Å². The van der Waals surface area contributed by atoms with Crippen LogP contribution in [0.2, 0.25) is 0 Å². The van der Waals surface area contributed by atoms with Gasteiger partial charge in [-0.25, -0.2) is 5.48 Å². The summed E-state index contributed by atoms with van der Waals surface area (Å²) in [6.45, 7) is 7.83. The summed E-state index contributed by atoms with van der Waals surface area (Å²) in [4.78, 5) is 15.7. The maximum absolute atomic E-state index is 11.0. The topological polar surface area (TPSA) is 38.3 Å². The van der Waals surface area contributed by atoms with Crippen molar-refractivity contribution >= 4 is 5.91 Å². The molecule has 0 heterocycles. The fraction of sp³-hybridized carbons (Fsp3) is 0.857. The maximum Gasteiger partial charge on any atom is 0.248 e. The van der Waals surface area contributed by atoms with Crippen molar-refractivity contribution in [1.29, 1.82) is 0 Å². The van der Waals surface area contributed by atoms with E-state index >= 15 is 0 Å². The second-order valence-electron chi connectivity index (χ2n) is 3.11. The molecular weight excluding hydrogens is 130 g/mol. The van der Waals surface area contributed by atoms with E-state index < -0.39 is 0 Å². The highest BCUT2D eigenvalue weighted by atomic mass is 16.6. The van der Waals surface area contributed by atoms with E-state index in [1.54, 1.807) is 0 Å². The third-order valence-corrected chi connectivity index (χ3v) is 0.990. The van der Waals surface area contributed by atoms with Crippen LogP contribution in [-0.2, 0) is 9.63 Å². The van der Waals surface area contributed by atoms with E-state index in [4.69, 9.17) is 4.84 Å². The zero-order chi connectivity index (χ0) is 8.20. The molecule has 0 rings (SSSR count). The predicted molar refractivity (Wildman–Crippen MR) is 39.2 cm³/mol. The van der Waals surface area contributed by atoms with Gasteiger partial charge in [-0.2, -0.15) is 0 Å². The molecule has 1 amide bonds. The number of carbonyl (C=O) groups excluding carboxylic acids is 1. The summed E-state index contributed by atoms with van der Waals surface area (Å²) in [7, 11) is 0. The molecule has 3 heteroatoms. The second-order valence-corrected chi connectivity index (χ2v) is 3.11. The molecular formula is C7H15NO2. The minimum absolute atomic E-state index is 0.0886. The lowest BCUT2D eigenvalue weighted by Gasteiger charge is -2.16. The highest BCUT2D eigenvalue weighted by Gasteiger charge is 2.20. The first-order valence-corrected chi connectivity index (χ1v) is 3.40. The lowest BCUT2D eigenvalue weighted by atomic mass is 9.96. The first kappa shape index (κ1) is 9.43. The maximum atomic E-state index is 11.0. The monoisotopic (exact) mass is 145 g/mol. The molecule has 0 atom stereocenters. The van der Waals surface area contributed by atoms with E-state index in [0.29, 0.717) is 6.61 Å². The number of hydrogen-bond acceptors (Lipinski definition) is 2. The van der Waals surface area contributed by atoms with Crippen molar-refractivity contribution in [3.8, 4) is 0 Å². The van der Waals surface area contributed by atoms with Crippen molar-refractivity contribution in [2.24, 2.45) is 5.41 Å². The Morgan fingerprint density at radius 3 is 2.30 bits per heavy atom. The Hall–Kier alpha value is -0.570. The molecule has 0 saturated carbocycles. The highest BCUT2D eigenvalue weighted by Crippen LogP contribution is 2.11. The number of nitrogens with one attached hydrogen (secondary N) is 1. The van der Waals surface area contributed by atoms with Crippen LogP contribution < -0.4 is 5.48 Å². The van der Waals surface area contributed by atoms with Gasteiger partial charge in [0.25, 0.3) is 0 Å². The fourth-order valence-electron chi connectivity index (χ4n) is 0.291. The van der Waals surface area contributed by atoms with E-state index in [9.17, 15) is 4.79 Å². The normalized spacial score (nSPS) is 11.2. The van der Waals surface area contributed by atoms with Crippen molar-refractivity contribution in [3.63, 3.8) is 0 Å². The fourth-order valence-corrected chi connectivity index (χ4v) is 0.291. The van der Waals surface area contributed by atoms with Crippen LogP contribution in [0, 0.1) is 5.41 Å². The van der Waals surface area contributed by atoms with Crippen molar-refractivity contribution in [2.45, 2.75) is 27.7 Å². The van der Waals surface area contributed by atoms with Gasteiger partial charge in [0.15, 0.2) is 0 Å². The van der Waals surface area contributed by atoms with Gasteiger partial charge in [0.2, 0.25) is 5.91 Å².